The molecule has 0 N–H and O–H groups in total. The summed E-state index contributed by atoms with van der Waals surface area (Å²) in [6, 6.07) is 8.72. The Morgan fingerprint density at radius 1 is 1.04 bits per heavy atom. The number of benzene rings is 2. The SMILES string of the molecule is C=C(C)C(=O)Oc1ccc(-c2ccc(OC(=O)CC)cc2OC)c(F)c1. The number of carbonyl (C=O) groups is 2. The number of hydrogen-bond donors (Lipinski definition) is 0. The largest absolute Gasteiger partial charge is 0.496 e. The lowest BCUT2D eigenvalue weighted by Crippen LogP contribution is -2.08. The van der Waals surface area contributed by atoms with Crippen molar-refractivity contribution in [1.29, 1.82) is 0 Å². The van der Waals surface area contributed by atoms with Crippen molar-refractivity contribution in [2.24, 2.45) is 0 Å². The highest BCUT2D eigenvalue weighted by Crippen LogP contribution is 2.36. The summed E-state index contributed by atoms with van der Waals surface area (Å²) in [6.07, 6.45) is 0.239. The third-order valence-electron chi connectivity index (χ3n) is 3.48. The number of esters is 2. The highest BCUT2D eigenvalue weighted by Gasteiger charge is 2.15. The molecule has 0 bridgehead atoms. The van der Waals surface area contributed by atoms with Gasteiger partial charge in [0.25, 0.3) is 0 Å². The number of halogens is 1. The van der Waals surface area contributed by atoms with Crippen LogP contribution in [0.1, 0.15) is 20.3 Å². The van der Waals surface area contributed by atoms with Crippen LogP contribution in [0.4, 0.5) is 4.39 Å². The van der Waals surface area contributed by atoms with E-state index in [4.69, 9.17) is 14.2 Å². The Morgan fingerprint density at radius 2 is 1.65 bits per heavy atom. The van der Waals surface area contributed by atoms with Crippen LogP contribution in [0.5, 0.6) is 17.2 Å². The normalized spacial score (nSPS) is 10.2. The fourth-order valence-electron chi connectivity index (χ4n) is 2.13. The van der Waals surface area contributed by atoms with E-state index >= 15 is 0 Å². The van der Waals surface area contributed by atoms with Crippen LogP contribution in [-0.2, 0) is 9.59 Å². The Morgan fingerprint density at radius 3 is 2.19 bits per heavy atom. The molecule has 5 nitrogen and oxygen atoms in total. The molecule has 0 aliphatic rings. The third-order valence-corrected chi connectivity index (χ3v) is 3.48. The van der Waals surface area contributed by atoms with Gasteiger partial charge in [-0.2, -0.15) is 0 Å². The van der Waals surface area contributed by atoms with Crippen LogP contribution < -0.4 is 14.2 Å². The molecule has 0 radical (unpaired) electrons. The maximum Gasteiger partial charge on any atom is 0.338 e. The number of ether oxygens (including phenoxy) is 3. The number of rotatable bonds is 6. The minimum absolute atomic E-state index is 0.0757. The van der Waals surface area contributed by atoms with Crippen molar-refractivity contribution in [2.45, 2.75) is 20.3 Å². The second kappa shape index (κ2) is 8.29. The molecule has 0 aliphatic heterocycles. The Hall–Kier alpha value is -3.15. The molecule has 0 spiro atoms. The first-order valence-electron chi connectivity index (χ1n) is 7.92. The maximum absolute atomic E-state index is 14.5. The van der Waals surface area contributed by atoms with E-state index in [-0.39, 0.29) is 29.3 Å². The lowest BCUT2D eigenvalue weighted by molar-refractivity contribution is -0.134. The standard InChI is InChI=1S/C20H19FO5/c1-5-19(22)25-14-7-9-16(18(11-14)24-4)15-8-6-13(10-17(15)21)26-20(23)12(2)3/h6-11H,2,5H2,1,3-4H3. The predicted molar refractivity (Wildman–Crippen MR) is 94.8 cm³/mol. The van der Waals surface area contributed by atoms with E-state index in [0.29, 0.717) is 17.1 Å². The van der Waals surface area contributed by atoms with Gasteiger partial charge in [0.15, 0.2) is 0 Å². The van der Waals surface area contributed by atoms with Crippen molar-refractivity contribution < 1.29 is 28.2 Å². The summed E-state index contributed by atoms with van der Waals surface area (Å²) in [5, 5.41) is 0. The van der Waals surface area contributed by atoms with Gasteiger partial charge in [0.05, 0.1) is 7.11 Å². The molecular formula is C20H19FO5. The third kappa shape index (κ3) is 4.47. The van der Waals surface area contributed by atoms with Gasteiger partial charge in [-0.15, -0.1) is 0 Å². The van der Waals surface area contributed by atoms with E-state index < -0.39 is 11.8 Å². The molecule has 0 saturated carbocycles. The van der Waals surface area contributed by atoms with Crippen LogP contribution in [0.3, 0.4) is 0 Å². The van der Waals surface area contributed by atoms with E-state index in [2.05, 4.69) is 6.58 Å². The molecule has 0 unspecified atom stereocenters. The van der Waals surface area contributed by atoms with E-state index in [0.717, 1.165) is 6.07 Å². The summed E-state index contributed by atoms with van der Waals surface area (Å²) in [4.78, 5) is 22.9. The molecule has 0 amide bonds. The van der Waals surface area contributed by atoms with Crippen molar-refractivity contribution in [1.82, 2.24) is 0 Å². The Bertz CT molecular complexity index is 857. The van der Waals surface area contributed by atoms with Crippen LogP contribution >= 0.6 is 0 Å². The average molecular weight is 358 g/mol. The quantitative estimate of drug-likeness (QED) is 0.438. The Kier molecular flexibility index (Phi) is 6.11. The molecule has 2 rings (SSSR count). The monoisotopic (exact) mass is 358 g/mol. The zero-order valence-electron chi connectivity index (χ0n) is 14.8. The summed E-state index contributed by atoms with van der Waals surface area (Å²) >= 11 is 0. The summed E-state index contributed by atoms with van der Waals surface area (Å²) < 4.78 is 29.9. The number of hydrogen-bond acceptors (Lipinski definition) is 5. The second-order valence-corrected chi connectivity index (χ2v) is 5.50. The summed E-state index contributed by atoms with van der Waals surface area (Å²) in [5.74, 6) is -0.867. The molecule has 0 atom stereocenters. The molecule has 26 heavy (non-hydrogen) atoms. The molecular weight excluding hydrogens is 339 g/mol. The smallest absolute Gasteiger partial charge is 0.338 e. The van der Waals surface area contributed by atoms with Gasteiger partial charge >= 0.3 is 11.9 Å². The van der Waals surface area contributed by atoms with E-state index in [1.165, 1.54) is 32.2 Å². The van der Waals surface area contributed by atoms with E-state index in [9.17, 15) is 14.0 Å². The highest BCUT2D eigenvalue weighted by atomic mass is 19.1. The molecule has 2 aromatic rings. The molecule has 136 valence electrons. The topological polar surface area (TPSA) is 61.8 Å². The van der Waals surface area contributed by atoms with Gasteiger partial charge in [0, 0.05) is 35.3 Å². The molecule has 0 heterocycles. The van der Waals surface area contributed by atoms with Crippen LogP contribution in [0.15, 0.2) is 48.6 Å². The first-order valence-corrected chi connectivity index (χ1v) is 7.92. The number of methoxy groups -OCH3 is 1. The summed E-state index contributed by atoms with van der Waals surface area (Å²) in [6.45, 7) is 6.67. The minimum Gasteiger partial charge on any atom is -0.496 e. The van der Waals surface area contributed by atoms with Crippen molar-refractivity contribution in [2.75, 3.05) is 7.11 Å². The summed E-state index contributed by atoms with van der Waals surface area (Å²) in [5.41, 5.74) is 0.942. The van der Waals surface area contributed by atoms with Crippen LogP contribution in [0, 0.1) is 5.82 Å². The number of carbonyl (C=O) groups excluding carboxylic acids is 2. The van der Waals surface area contributed by atoms with Gasteiger partial charge in [-0.3, -0.25) is 4.79 Å². The summed E-state index contributed by atoms with van der Waals surface area (Å²) in [7, 11) is 1.44. The fourth-order valence-corrected chi connectivity index (χ4v) is 2.13. The van der Waals surface area contributed by atoms with Gasteiger partial charge in [0.2, 0.25) is 0 Å². The van der Waals surface area contributed by atoms with Gasteiger partial charge in [-0.05, 0) is 31.2 Å². The zero-order chi connectivity index (χ0) is 19.3. The maximum atomic E-state index is 14.5. The first-order chi connectivity index (χ1) is 12.3. The molecule has 0 aliphatic carbocycles. The van der Waals surface area contributed by atoms with Crippen molar-refractivity contribution in [3.63, 3.8) is 0 Å². The van der Waals surface area contributed by atoms with Crippen LogP contribution in [0.25, 0.3) is 11.1 Å². The van der Waals surface area contributed by atoms with Crippen LogP contribution in [-0.4, -0.2) is 19.0 Å². The van der Waals surface area contributed by atoms with E-state index in [1.807, 2.05) is 0 Å². The average Bonchev–Trinajstić information content (AvgIpc) is 2.61. The van der Waals surface area contributed by atoms with Crippen molar-refractivity contribution in [3.05, 3.63) is 54.4 Å². The van der Waals surface area contributed by atoms with Gasteiger partial charge in [-0.25, -0.2) is 9.18 Å². The van der Waals surface area contributed by atoms with Gasteiger partial charge < -0.3 is 14.2 Å². The lowest BCUT2D eigenvalue weighted by atomic mass is 10.0. The highest BCUT2D eigenvalue weighted by molar-refractivity contribution is 5.88. The van der Waals surface area contributed by atoms with E-state index in [1.54, 1.807) is 19.1 Å². The zero-order valence-corrected chi connectivity index (χ0v) is 14.8. The van der Waals surface area contributed by atoms with Gasteiger partial charge in [0.1, 0.15) is 23.1 Å². The second-order valence-electron chi connectivity index (χ2n) is 5.50. The molecule has 0 saturated heterocycles. The molecule has 2 aromatic carbocycles. The van der Waals surface area contributed by atoms with Crippen molar-refractivity contribution >= 4 is 11.9 Å². The molecule has 6 heteroatoms. The first kappa shape index (κ1) is 19.2. The fraction of sp³-hybridized carbons (Fsp3) is 0.200. The Balaban J connectivity index is 2.34. The molecule has 0 aromatic heterocycles. The molecule has 0 fully saturated rings. The van der Waals surface area contributed by atoms with Gasteiger partial charge in [-0.1, -0.05) is 13.5 Å². The Labute approximate surface area is 151 Å². The lowest BCUT2D eigenvalue weighted by Gasteiger charge is -2.12. The van der Waals surface area contributed by atoms with Crippen molar-refractivity contribution in [3.8, 4) is 28.4 Å². The van der Waals surface area contributed by atoms with Crippen LogP contribution in [0.2, 0.25) is 0 Å². The predicted octanol–water partition coefficient (Wildman–Crippen LogP) is 4.30. The minimum atomic E-state index is -0.628.